The van der Waals surface area contributed by atoms with E-state index < -0.39 is 0 Å². The normalized spacial score (nSPS) is 11.9. The number of aromatic nitrogens is 4. The van der Waals surface area contributed by atoms with Gasteiger partial charge in [-0.25, -0.2) is 19.9 Å². The Labute approximate surface area is 171 Å². The van der Waals surface area contributed by atoms with Crippen LogP contribution in [0, 0.1) is 0 Å². The average Bonchev–Trinajstić information content (AvgIpc) is 3.02. The number of aliphatic hydroxyl groups is 1. The Morgan fingerprint density at radius 2 is 2.00 bits per heavy atom. The van der Waals surface area contributed by atoms with Crippen molar-refractivity contribution in [2.75, 3.05) is 18.1 Å². The summed E-state index contributed by atoms with van der Waals surface area (Å²) in [4.78, 5) is 16.9. The first-order chi connectivity index (χ1) is 12.9. The third-order valence-electron chi connectivity index (χ3n) is 3.54. The maximum atomic E-state index is 8.20. The molecular weight excluding hydrogens is 404 g/mol. The number of thioether (sulfide) groups is 1. The van der Waals surface area contributed by atoms with Crippen molar-refractivity contribution in [2.24, 2.45) is 0 Å². The second-order valence-electron chi connectivity index (χ2n) is 5.70. The minimum atomic E-state index is 0.114. The van der Waals surface area contributed by atoms with Crippen molar-refractivity contribution in [3.05, 3.63) is 29.0 Å². The number of halogens is 1. The lowest BCUT2D eigenvalue weighted by atomic mass is 10.2. The van der Waals surface area contributed by atoms with Gasteiger partial charge >= 0.3 is 0 Å². The molecule has 0 aliphatic heterocycles. The van der Waals surface area contributed by atoms with Gasteiger partial charge in [-0.3, -0.25) is 0 Å². The van der Waals surface area contributed by atoms with Crippen LogP contribution >= 0.6 is 34.7 Å². The van der Waals surface area contributed by atoms with Crippen molar-refractivity contribution in [2.45, 2.75) is 43.5 Å². The second kappa shape index (κ2) is 10.6. The van der Waals surface area contributed by atoms with Crippen LogP contribution in [0.25, 0.3) is 10.3 Å². The van der Waals surface area contributed by atoms with Gasteiger partial charge in [-0.15, -0.1) is 0 Å². The molecule has 5 N–H and O–H groups in total. The third-order valence-corrected chi connectivity index (χ3v) is 5.68. The predicted molar refractivity (Wildman–Crippen MR) is 114 cm³/mol. The number of unbranched alkanes of at least 4 members (excludes halogenated alkanes) is 2. The maximum absolute atomic E-state index is 8.20. The molecule has 3 aromatic rings. The van der Waals surface area contributed by atoms with Gasteiger partial charge in [-0.05, 0) is 25.0 Å². The molecule has 0 aliphatic carbocycles. The average molecular weight is 427 g/mol. The highest BCUT2D eigenvalue weighted by Gasteiger charge is 2.14. The van der Waals surface area contributed by atoms with Crippen molar-refractivity contribution in [3.8, 4) is 0 Å². The second-order valence-corrected chi connectivity index (χ2v) is 8.43. The molecule has 146 valence electrons. The molecule has 0 aliphatic rings. The number of nitrogen functional groups attached to an aromatic ring is 2. The molecule has 1 unspecified atom stereocenters. The summed E-state index contributed by atoms with van der Waals surface area (Å²) in [5.74, 6) is 0.401. The molecule has 3 heterocycles. The SMILES string of the molecule is CC(Sc1nc(N)c2sc(N)nc2n1)c1ccc(Cl)nc1.CCCCCO. The van der Waals surface area contributed by atoms with Crippen LogP contribution in [0.5, 0.6) is 0 Å². The van der Waals surface area contributed by atoms with Crippen molar-refractivity contribution in [1.29, 1.82) is 0 Å². The molecular formula is C17H23ClN6OS2. The summed E-state index contributed by atoms with van der Waals surface area (Å²) in [5.41, 5.74) is 13.2. The number of hydrogen-bond acceptors (Lipinski definition) is 9. The largest absolute Gasteiger partial charge is 0.396 e. The molecule has 0 amide bonds. The van der Waals surface area contributed by atoms with Crippen LogP contribution in [0.4, 0.5) is 10.9 Å². The van der Waals surface area contributed by atoms with E-state index in [-0.39, 0.29) is 5.25 Å². The third kappa shape index (κ3) is 6.46. The molecule has 3 rings (SSSR count). The molecule has 1 atom stereocenters. The Balaban J connectivity index is 0.000000380. The van der Waals surface area contributed by atoms with Gasteiger partial charge in [0.05, 0.1) is 0 Å². The number of nitrogens with zero attached hydrogens (tertiary/aromatic N) is 4. The van der Waals surface area contributed by atoms with Crippen LogP contribution in [0.3, 0.4) is 0 Å². The zero-order valence-electron chi connectivity index (χ0n) is 15.2. The minimum Gasteiger partial charge on any atom is -0.396 e. The van der Waals surface area contributed by atoms with Gasteiger partial charge in [0.1, 0.15) is 15.7 Å². The van der Waals surface area contributed by atoms with Crippen LogP contribution in [0.15, 0.2) is 23.5 Å². The van der Waals surface area contributed by atoms with Crippen molar-refractivity contribution in [3.63, 3.8) is 0 Å². The molecule has 0 saturated heterocycles. The Morgan fingerprint density at radius 3 is 2.59 bits per heavy atom. The summed E-state index contributed by atoms with van der Waals surface area (Å²) in [6.07, 6.45) is 5.07. The van der Waals surface area contributed by atoms with E-state index in [9.17, 15) is 0 Å². The van der Waals surface area contributed by atoms with Gasteiger partial charge in [0.15, 0.2) is 15.9 Å². The van der Waals surface area contributed by atoms with Gasteiger partial charge in [0, 0.05) is 18.1 Å². The summed E-state index contributed by atoms with van der Waals surface area (Å²) in [7, 11) is 0. The van der Waals surface area contributed by atoms with E-state index >= 15 is 0 Å². The Hall–Kier alpha value is -1.68. The molecule has 0 radical (unpaired) electrons. The first kappa shape index (κ1) is 21.6. The number of nitrogens with two attached hydrogens (primary N) is 2. The number of thiazole rings is 1. The Kier molecular flexibility index (Phi) is 8.49. The van der Waals surface area contributed by atoms with Crippen LogP contribution in [0.1, 0.15) is 43.9 Å². The summed E-state index contributed by atoms with van der Waals surface area (Å²) in [6, 6.07) is 3.68. The smallest absolute Gasteiger partial charge is 0.192 e. The fraction of sp³-hybridized carbons (Fsp3) is 0.412. The number of aliphatic hydroxyl groups excluding tert-OH is 1. The quantitative estimate of drug-likeness (QED) is 0.230. The number of rotatable bonds is 6. The van der Waals surface area contributed by atoms with Crippen molar-refractivity contribution in [1.82, 2.24) is 19.9 Å². The van der Waals surface area contributed by atoms with Gasteiger partial charge < -0.3 is 16.6 Å². The Morgan fingerprint density at radius 1 is 1.22 bits per heavy atom. The molecule has 7 nitrogen and oxygen atoms in total. The van der Waals surface area contributed by atoms with Gasteiger partial charge in [0.2, 0.25) is 0 Å². The molecule has 0 saturated carbocycles. The lowest BCUT2D eigenvalue weighted by Gasteiger charge is -2.10. The zero-order valence-corrected chi connectivity index (χ0v) is 17.6. The highest BCUT2D eigenvalue weighted by molar-refractivity contribution is 7.99. The molecule has 3 aromatic heterocycles. The van der Waals surface area contributed by atoms with Crippen molar-refractivity contribution >= 4 is 56.0 Å². The van der Waals surface area contributed by atoms with E-state index in [0.717, 1.165) is 23.1 Å². The first-order valence-corrected chi connectivity index (χ1v) is 10.6. The summed E-state index contributed by atoms with van der Waals surface area (Å²) in [6.45, 7) is 4.51. The highest BCUT2D eigenvalue weighted by Crippen LogP contribution is 2.35. The fourth-order valence-electron chi connectivity index (χ4n) is 2.11. The highest BCUT2D eigenvalue weighted by atomic mass is 35.5. The number of hydrogen-bond donors (Lipinski definition) is 3. The van der Waals surface area contributed by atoms with Gasteiger partial charge in [0.25, 0.3) is 0 Å². The minimum absolute atomic E-state index is 0.114. The Bertz CT molecular complexity index is 855. The lowest BCUT2D eigenvalue weighted by molar-refractivity contribution is 0.284. The van der Waals surface area contributed by atoms with Crippen LogP contribution in [-0.2, 0) is 0 Å². The number of anilines is 2. The summed E-state index contributed by atoms with van der Waals surface area (Å²) < 4.78 is 0.720. The van der Waals surface area contributed by atoms with E-state index in [4.69, 9.17) is 28.2 Å². The van der Waals surface area contributed by atoms with Gasteiger partial charge in [-0.2, -0.15) is 0 Å². The molecule has 10 heteroatoms. The predicted octanol–water partition coefficient (Wildman–Crippen LogP) is 4.32. The van der Waals surface area contributed by atoms with E-state index in [2.05, 4.69) is 26.9 Å². The van der Waals surface area contributed by atoms with Crippen LogP contribution in [-0.4, -0.2) is 31.6 Å². The maximum Gasteiger partial charge on any atom is 0.192 e. The standard InChI is InChI=1S/C12H11ClN6S2.C5H12O/c1-5(6-2-3-7(13)16-4-6)20-12-17-9(14)8-10(19-12)18-11(15)21-8;1-2-3-4-5-6/h2-5H,1H3,(H4,14,15,17,18,19);6H,2-5H2,1H3. The molecule has 0 aromatic carbocycles. The molecule has 0 spiro atoms. The van der Waals surface area contributed by atoms with E-state index in [0.29, 0.717) is 33.5 Å². The van der Waals surface area contributed by atoms with E-state index in [1.165, 1.54) is 29.5 Å². The van der Waals surface area contributed by atoms with Crippen LogP contribution in [0.2, 0.25) is 5.15 Å². The lowest BCUT2D eigenvalue weighted by Crippen LogP contribution is -1.97. The monoisotopic (exact) mass is 426 g/mol. The zero-order chi connectivity index (χ0) is 19.8. The molecule has 27 heavy (non-hydrogen) atoms. The fourth-order valence-corrected chi connectivity index (χ4v) is 3.78. The number of pyridine rings is 1. The van der Waals surface area contributed by atoms with E-state index in [1.54, 1.807) is 12.3 Å². The van der Waals surface area contributed by atoms with E-state index in [1.807, 2.05) is 13.0 Å². The van der Waals surface area contributed by atoms with Gasteiger partial charge in [-0.1, -0.05) is 60.5 Å². The molecule has 0 fully saturated rings. The molecule has 0 bridgehead atoms. The summed E-state index contributed by atoms with van der Waals surface area (Å²) >= 11 is 8.55. The van der Waals surface area contributed by atoms with Crippen LogP contribution < -0.4 is 11.5 Å². The first-order valence-electron chi connectivity index (χ1n) is 8.53. The summed E-state index contributed by atoms with van der Waals surface area (Å²) in [5, 5.41) is 9.78. The number of fused-ring (bicyclic) bond motifs is 1. The topological polar surface area (TPSA) is 124 Å². The van der Waals surface area contributed by atoms with Crippen molar-refractivity contribution < 1.29 is 5.11 Å².